The van der Waals surface area contributed by atoms with Crippen LogP contribution in [0, 0.1) is 11.8 Å². The summed E-state index contributed by atoms with van der Waals surface area (Å²) in [7, 11) is 0. The molecule has 0 aliphatic carbocycles. The summed E-state index contributed by atoms with van der Waals surface area (Å²) in [6, 6.07) is 18.2. The second-order valence-electron chi connectivity index (χ2n) is 11.2. The Kier molecular flexibility index (Phi) is 14.3. The van der Waals surface area contributed by atoms with Gasteiger partial charge in [-0.2, -0.15) is 5.10 Å². The summed E-state index contributed by atoms with van der Waals surface area (Å²) in [4.78, 5) is 51.5. The quantitative estimate of drug-likeness (QED) is 0.206. The van der Waals surface area contributed by atoms with E-state index in [2.05, 4.69) is 29.4 Å². The fourth-order valence-corrected chi connectivity index (χ4v) is 4.69. The lowest BCUT2D eigenvalue weighted by Crippen LogP contribution is -2.60. The molecule has 1 N–H and O–H groups in total. The van der Waals surface area contributed by atoms with Crippen LogP contribution in [-0.2, 0) is 32.4 Å². The number of hydrogen-bond donors (Lipinski definition) is 1. The zero-order chi connectivity index (χ0) is 31.7. The number of carbonyl (C=O) groups is 3. The molecule has 1 aromatic heterocycles. The zero-order valence-electron chi connectivity index (χ0n) is 26.3. The molecule has 1 atom stereocenters. The van der Waals surface area contributed by atoms with Crippen molar-refractivity contribution in [2.75, 3.05) is 6.54 Å². The molecule has 1 heterocycles. The molecule has 10 heteroatoms. The van der Waals surface area contributed by atoms with Gasteiger partial charge in [0.1, 0.15) is 25.2 Å². The lowest BCUT2D eigenvalue weighted by atomic mass is 10.0. The van der Waals surface area contributed by atoms with Crippen molar-refractivity contribution in [3.63, 3.8) is 0 Å². The first-order valence-electron chi connectivity index (χ1n) is 15.4. The fraction of sp³-hybridized carbons (Fsp3) is 0.441. The van der Waals surface area contributed by atoms with Gasteiger partial charge in [-0.25, -0.2) is 25.2 Å². The lowest BCUT2D eigenvalue weighted by Gasteiger charge is -2.41. The Morgan fingerprint density at radius 3 is 2.27 bits per heavy atom. The number of carbonyl (C=O) groups excluding carboxylic acids is 3. The predicted molar refractivity (Wildman–Crippen MR) is 170 cm³/mol. The molecule has 10 nitrogen and oxygen atoms in total. The number of hydroxylamine groups is 1. The van der Waals surface area contributed by atoms with Crippen LogP contribution in [0.25, 0.3) is 6.08 Å². The highest BCUT2D eigenvalue weighted by molar-refractivity contribution is 5.89. The fourth-order valence-electron chi connectivity index (χ4n) is 4.69. The molecule has 0 spiro atoms. The van der Waals surface area contributed by atoms with Gasteiger partial charge in [0.15, 0.2) is 0 Å². The molecule has 236 valence electrons. The molecule has 3 aromatic rings. The Bertz CT molecular complexity index is 1290. The van der Waals surface area contributed by atoms with Crippen molar-refractivity contribution in [1.82, 2.24) is 30.3 Å². The molecule has 0 saturated carbocycles. The molecule has 0 aliphatic rings. The first kappa shape index (κ1) is 34.2. The Morgan fingerprint density at radius 1 is 0.977 bits per heavy atom. The molecule has 0 radical (unpaired) electrons. The normalized spacial score (nSPS) is 12.0. The maximum atomic E-state index is 14.1. The Balaban J connectivity index is 1.99. The molecular weight excluding hydrogens is 556 g/mol. The Morgan fingerprint density at radius 2 is 1.66 bits per heavy atom. The first-order chi connectivity index (χ1) is 21.3. The highest BCUT2D eigenvalue weighted by atomic mass is 16.7. The molecule has 0 bridgehead atoms. The topological polar surface area (TPSA) is 110 Å². The zero-order valence-corrected chi connectivity index (χ0v) is 26.3. The minimum atomic E-state index is -1.04. The third-order valence-electron chi connectivity index (χ3n) is 7.41. The van der Waals surface area contributed by atoms with Gasteiger partial charge in [-0.3, -0.25) is 19.2 Å². The van der Waals surface area contributed by atoms with Crippen LogP contribution < -0.4 is 5.48 Å². The highest BCUT2D eigenvalue weighted by Crippen LogP contribution is 2.21. The van der Waals surface area contributed by atoms with E-state index in [-0.39, 0.29) is 56.2 Å². The van der Waals surface area contributed by atoms with E-state index in [9.17, 15) is 14.4 Å². The minimum Gasteiger partial charge on any atom is -0.273 e. The van der Waals surface area contributed by atoms with Gasteiger partial charge in [-0.1, -0.05) is 113 Å². The number of aromatic nitrogens is 3. The summed E-state index contributed by atoms with van der Waals surface area (Å²) in [6.45, 7) is 8.52. The minimum absolute atomic E-state index is 0.118. The van der Waals surface area contributed by atoms with Crippen molar-refractivity contribution in [2.24, 2.45) is 11.8 Å². The molecule has 0 saturated heterocycles. The maximum Gasteiger partial charge on any atom is 0.268 e. The number of nitrogens with one attached hydrogen (secondary N) is 1. The molecule has 0 unspecified atom stereocenters. The third-order valence-corrected chi connectivity index (χ3v) is 7.41. The number of rotatable bonds is 17. The van der Waals surface area contributed by atoms with Crippen molar-refractivity contribution in [1.29, 1.82) is 0 Å². The van der Waals surface area contributed by atoms with Crippen LogP contribution in [0.5, 0.6) is 0 Å². The van der Waals surface area contributed by atoms with Crippen LogP contribution in [-0.4, -0.2) is 55.1 Å². The largest absolute Gasteiger partial charge is 0.273 e. The number of nitrogens with zero attached hydrogens (tertiary/aromatic N) is 5. The van der Waals surface area contributed by atoms with E-state index in [0.717, 1.165) is 24.0 Å². The SMILES string of the molecule is CCC(CC)CN(C(=O)Cn1cncn1)N(C(=O)CCC(C)C)[C@@H](CC=Cc1ccccc1)C(=O)NOCc1ccccc1. The van der Waals surface area contributed by atoms with Gasteiger partial charge in [0, 0.05) is 13.0 Å². The van der Waals surface area contributed by atoms with Gasteiger partial charge in [0.05, 0.1) is 6.61 Å². The van der Waals surface area contributed by atoms with Crippen molar-refractivity contribution >= 4 is 23.8 Å². The van der Waals surface area contributed by atoms with Crippen LogP contribution in [0.15, 0.2) is 79.4 Å². The molecule has 0 aliphatic heterocycles. The monoisotopic (exact) mass is 602 g/mol. The van der Waals surface area contributed by atoms with Crippen LogP contribution in [0.1, 0.15) is 70.9 Å². The van der Waals surface area contributed by atoms with Crippen molar-refractivity contribution in [2.45, 2.75) is 79.0 Å². The summed E-state index contributed by atoms with van der Waals surface area (Å²) in [5.41, 5.74) is 4.41. The molecule has 44 heavy (non-hydrogen) atoms. The maximum absolute atomic E-state index is 14.1. The summed E-state index contributed by atoms with van der Waals surface area (Å²) in [5.74, 6) is -0.783. The van der Waals surface area contributed by atoms with Crippen LogP contribution in [0.4, 0.5) is 0 Å². The van der Waals surface area contributed by atoms with Crippen LogP contribution >= 0.6 is 0 Å². The Hall–Kier alpha value is -4.31. The highest BCUT2D eigenvalue weighted by Gasteiger charge is 2.37. The van der Waals surface area contributed by atoms with Gasteiger partial charge < -0.3 is 0 Å². The second kappa shape index (κ2) is 18.4. The van der Waals surface area contributed by atoms with Crippen molar-refractivity contribution < 1.29 is 19.2 Å². The average molecular weight is 603 g/mol. The lowest BCUT2D eigenvalue weighted by molar-refractivity contribution is -0.177. The van der Waals surface area contributed by atoms with Gasteiger partial charge in [0.25, 0.3) is 11.8 Å². The second-order valence-corrected chi connectivity index (χ2v) is 11.2. The molecule has 3 amide bonds. The van der Waals surface area contributed by atoms with E-state index in [1.807, 2.05) is 86.7 Å². The molecular formula is C34H46N6O4. The number of benzene rings is 2. The standard InChI is InChI=1S/C34H46N6O4/c1-5-28(6-2)22-39(33(42)23-38-26-35-25-36-38)40(32(41)21-20-27(3)4)31(19-13-18-29-14-9-7-10-15-29)34(43)37-44-24-30-16-11-8-12-17-30/h7-18,25-28,31H,5-6,19-24H2,1-4H3,(H,37,43)/t31-/m0/s1. The van der Waals surface area contributed by atoms with Gasteiger partial charge in [-0.15, -0.1) is 0 Å². The summed E-state index contributed by atoms with van der Waals surface area (Å²) in [6.07, 6.45) is 9.17. The van der Waals surface area contributed by atoms with E-state index in [0.29, 0.717) is 6.42 Å². The number of hydrogen-bond acceptors (Lipinski definition) is 6. The van der Waals surface area contributed by atoms with E-state index >= 15 is 0 Å². The summed E-state index contributed by atoms with van der Waals surface area (Å²) < 4.78 is 1.42. The van der Waals surface area contributed by atoms with Crippen molar-refractivity contribution in [3.8, 4) is 0 Å². The van der Waals surface area contributed by atoms with Crippen LogP contribution in [0.2, 0.25) is 0 Å². The average Bonchev–Trinajstić information content (AvgIpc) is 3.54. The van der Waals surface area contributed by atoms with Gasteiger partial charge in [0.2, 0.25) is 5.91 Å². The first-order valence-corrected chi connectivity index (χ1v) is 15.4. The van der Waals surface area contributed by atoms with E-state index in [1.165, 1.54) is 27.4 Å². The predicted octanol–water partition coefficient (Wildman–Crippen LogP) is 5.44. The number of hydrazine groups is 1. The molecule has 2 aromatic carbocycles. The smallest absolute Gasteiger partial charge is 0.268 e. The van der Waals surface area contributed by atoms with Crippen LogP contribution in [0.3, 0.4) is 0 Å². The molecule has 3 rings (SSSR count). The third kappa shape index (κ3) is 11.1. The van der Waals surface area contributed by atoms with E-state index in [4.69, 9.17) is 4.84 Å². The van der Waals surface area contributed by atoms with Gasteiger partial charge in [-0.05, 0) is 35.8 Å². The van der Waals surface area contributed by atoms with Gasteiger partial charge >= 0.3 is 0 Å². The van der Waals surface area contributed by atoms with E-state index in [1.54, 1.807) is 0 Å². The summed E-state index contributed by atoms with van der Waals surface area (Å²) in [5, 5.41) is 6.93. The Labute approximate surface area is 261 Å². The van der Waals surface area contributed by atoms with Crippen molar-refractivity contribution in [3.05, 3.63) is 90.5 Å². The molecule has 0 fully saturated rings. The number of amides is 3. The van der Waals surface area contributed by atoms with E-state index < -0.39 is 11.9 Å². The summed E-state index contributed by atoms with van der Waals surface area (Å²) >= 11 is 0.